The molecule has 0 bridgehead atoms. The maximum absolute atomic E-state index is 12.4. The lowest BCUT2D eigenvalue weighted by Crippen LogP contribution is -2.58. The Hall–Kier alpha value is -1.99. The highest BCUT2D eigenvalue weighted by Crippen LogP contribution is 2.29. The zero-order valence-electron chi connectivity index (χ0n) is 13.1. The van der Waals surface area contributed by atoms with Gasteiger partial charge in [0.05, 0.1) is 12.2 Å². The van der Waals surface area contributed by atoms with Crippen LogP contribution in [0.25, 0.3) is 10.8 Å². The number of aliphatic hydroxyl groups is 4. The number of benzene rings is 2. The van der Waals surface area contributed by atoms with E-state index in [1.165, 1.54) is 0 Å². The first-order chi connectivity index (χ1) is 11.4. The Kier molecular flexibility index (Phi) is 4.56. The van der Waals surface area contributed by atoms with Crippen molar-refractivity contribution < 1.29 is 25.2 Å². The lowest BCUT2D eigenvalue weighted by Gasteiger charge is -2.39. The lowest BCUT2D eigenvalue weighted by atomic mass is 9.79. The number of nitrogens with one attached hydrogen (secondary N) is 1. The van der Waals surface area contributed by atoms with Crippen molar-refractivity contribution in [1.29, 1.82) is 0 Å². The van der Waals surface area contributed by atoms with E-state index in [1.54, 1.807) is 0 Å². The zero-order chi connectivity index (χ0) is 17.3. The van der Waals surface area contributed by atoms with E-state index < -0.39 is 29.8 Å². The summed E-state index contributed by atoms with van der Waals surface area (Å²) < 4.78 is 0. The quantitative estimate of drug-likeness (QED) is 0.546. The molecule has 2 aromatic rings. The van der Waals surface area contributed by atoms with E-state index in [2.05, 4.69) is 5.32 Å². The van der Waals surface area contributed by atoms with Crippen molar-refractivity contribution in [3.63, 3.8) is 0 Å². The SMILES string of the molecule is O=C(NCc1cccc2ccccc12)C1(O)C[C@@H](O)C(O)[C@H](O)C1. The van der Waals surface area contributed by atoms with Gasteiger partial charge in [0, 0.05) is 19.4 Å². The van der Waals surface area contributed by atoms with E-state index in [9.17, 15) is 25.2 Å². The number of rotatable bonds is 3. The molecule has 6 nitrogen and oxygen atoms in total. The summed E-state index contributed by atoms with van der Waals surface area (Å²) in [6.07, 6.45) is -4.67. The molecule has 1 aliphatic rings. The summed E-state index contributed by atoms with van der Waals surface area (Å²) in [5.74, 6) is -0.666. The average Bonchev–Trinajstić information content (AvgIpc) is 2.57. The zero-order valence-corrected chi connectivity index (χ0v) is 13.1. The highest BCUT2D eigenvalue weighted by atomic mass is 16.4. The summed E-state index contributed by atoms with van der Waals surface area (Å²) in [6, 6.07) is 13.5. The molecule has 5 N–H and O–H groups in total. The Bertz CT molecular complexity index is 730. The highest BCUT2D eigenvalue weighted by molar-refractivity contribution is 5.88. The third-order valence-electron chi connectivity index (χ3n) is 4.62. The predicted octanol–water partition coefficient (Wildman–Crippen LogP) is 0.0636. The van der Waals surface area contributed by atoms with Crippen LogP contribution in [-0.2, 0) is 11.3 Å². The topological polar surface area (TPSA) is 110 Å². The molecule has 3 rings (SSSR count). The third kappa shape index (κ3) is 3.14. The fourth-order valence-corrected chi connectivity index (χ4v) is 3.25. The second-order valence-corrected chi connectivity index (χ2v) is 6.39. The van der Waals surface area contributed by atoms with E-state index >= 15 is 0 Å². The van der Waals surface area contributed by atoms with E-state index in [-0.39, 0.29) is 19.4 Å². The van der Waals surface area contributed by atoms with Crippen molar-refractivity contribution in [2.24, 2.45) is 0 Å². The normalized spacial score (nSPS) is 30.2. The molecule has 128 valence electrons. The van der Waals surface area contributed by atoms with Gasteiger partial charge in [0.15, 0.2) is 0 Å². The van der Waals surface area contributed by atoms with Crippen LogP contribution in [0.4, 0.5) is 0 Å². The van der Waals surface area contributed by atoms with Crippen molar-refractivity contribution in [1.82, 2.24) is 5.32 Å². The van der Waals surface area contributed by atoms with Gasteiger partial charge >= 0.3 is 0 Å². The highest BCUT2D eigenvalue weighted by Gasteiger charge is 2.48. The van der Waals surface area contributed by atoms with Gasteiger partial charge in [-0.2, -0.15) is 0 Å². The number of hydrogen-bond donors (Lipinski definition) is 5. The Morgan fingerprint density at radius 3 is 2.38 bits per heavy atom. The fourth-order valence-electron chi connectivity index (χ4n) is 3.25. The smallest absolute Gasteiger partial charge is 0.252 e. The van der Waals surface area contributed by atoms with E-state index in [4.69, 9.17) is 0 Å². The van der Waals surface area contributed by atoms with Crippen molar-refractivity contribution in [2.75, 3.05) is 0 Å². The lowest BCUT2D eigenvalue weighted by molar-refractivity contribution is -0.173. The van der Waals surface area contributed by atoms with Gasteiger partial charge in [-0.05, 0) is 16.3 Å². The summed E-state index contributed by atoms with van der Waals surface area (Å²) in [4.78, 5) is 12.4. The second kappa shape index (κ2) is 6.49. The van der Waals surface area contributed by atoms with Gasteiger partial charge in [-0.3, -0.25) is 4.79 Å². The maximum atomic E-state index is 12.4. The molecule has 0 aliphatic heterocycles. The molecule has 1 saturated carbocycles. The van der Waals surface area contributed by atoms with Gasteiger partial charge in [-0.1, -0.05) is 42.5 Å². The molecule has 2 aromatic carbocycles. The minimum Gasteiger partial charge on any atom is -0.390 e. The fraction of sp³-hybridized carbons (Fsp3) is 0.389. The molecule has 1 fully saturated rings. The van der Waals surface area contributed by atoms with Crippen LogP contribution >= 0.6 is 0 Å². The van der Waals surface area contributed by atoms with Crippen molar-refractivity contribution in [2.45, 2.75) is 43.3 Å². The van der Waals surface area contributed by atoms with Crippen LogP contribution in [0.1, 0.15) is 18.4 Å². The number of carbonyl (C=O) groups is 1. The molecule has 0 aromatic heterocycles. The van der Waals surface area contributed by atoms with Crippen LogP contribution < -0.4 is 5.32 Å². The average molecular weight is 331 g/mol. The number of amides is 1. The molecular weight excluding hydrogens is 310 g/mol. The molecule has 2 atom stereocenters. The van der Waals surface area contributed by atoms with Gasteiger partial charge in [0.25, 0.3) is 5.91 Å². The molecule has 0 saturated heterocycles. The Balaban J connectivity index is 1.73. The first-order valence-electron chi connectivity index (χ1n) is 7.92. The van der Waals surface area contributed by atoms with Gasteiger partial charge in [-0.15, -0.1) is 0 Å². The molecule has 0 heterocycles. The largest absolute Gasteiger partial charge is 0.390 e. The summed E-state index contributed by atoms with van der Waals surface area (Å²) in [5.41, 5.74) is -0.996. The van der Waals surface area contributed by atoms with Gasteiger partial charge in [0.1, 0.15) is 11.7 Å². The first kappa shape index (κ1) is 16.9. The van der Waals surface area contributed by atoms with Gasteiger partial charge < -0.3 is 25.7 Å². The van der Waals surface area contributed by atoms with Crippen LogP contribution in [0.5, 0.6) is 0 Å². The van der Waals surface area contributed by atoms with E-state index in [0.717, 1.165) is 16.3 Å². The molecule has 1 amide bonds. The first-order valence-corrected chi connectivity index (χ1v) is 7.92. The van der Waals surface area contributed by atoms with Gasteiger partial charge in [-0.25, -0.2) is 0 Å². The van der Waals surface area contributed by atoms with Crippen molar-refractivity contribution >= 4 is 16.7 Å². The molecule has 24 heavy (non-hydrogen) atoms. The minimum absolute atomic E-state index is 0.219. The maximum Gasteiger partial charge on any atom is 0.252 e. The van der Waals surface area contributed by atoms with Crippen LogP contribution in [0.15, 0.2) is 42.5 Å². The Labute approximate surface area is 139 Å². The van der Waals surface area contributed by atoms with Crippen LogP contribution in [0, 0.1) is 0 Å². The molecule has 0 radical (unpaired) electrons. The second-order valence-electron chi connectivity index (χ2n) is 6.39. The molecular formula is C18H21NO5. The summed E-state index contributed by atoms with van der Waals surface area (Å²) in [7, 11) is 0. The minimum atomic E-state index is -1.90. The number of fused-ring (bicyclic) bond motifs is 1. The van der Waals surface area contributed by atoms with Crippen LogP contribution in [0.3, 0.4) is 0 Å². The Morgan fingerprint density at radius 2 is 1.67 bits per heavy atom. The molecule has 0 spiro atoms. The summed E-state index contributed by atoms with van der Waals surface area (Å²) in [6.45, 7) is 0.219. The predicted molar refractivity (Wildman–Crippen MR) is 88.0 cm³/mol. The Morgan fingerprint density at radius 1 is 1.04 bits per heavy atom. The van der Waals surface area contributed by atoms with E-state index in [0.29, 0.717) is 0 Å². The molecule has 6 heteroatoms. The van der Waals surface area contributed by atoms with E-state index in [1.807, 2.05) is 42.5 Å². The monoisotopic (exact) mass is 331 g/mol. The van der Waals surface area contributed by atoms with Crippen molar-refractivity contribution in [3.8, 4) is 0 Å². The standard InChI is InChI=1S/C18H21NO5/c20-14-8-18(24,9-15(21)16(14)22)17(23)19-10-12-6-3-5-11-4-1-2-7-13(11)12/h1-7,14-16,20-22,24H,8-10H2,(H,19,23)/t14-,15-,16?,18?/m1/s1. The summed E-state index contributed by atoms with van der Waals surface area (Å²) >= 11 is 0. The number of aliphatic hydroxyl groups excluding tert-OH is 3. The number of carbonyl (C=O) groups excluding carboxylic acids is 1. The third-order valence-corrected chi connectivity index (χ3v) is 4.62. The van der Waals surface area contributed by atoms with Gasteiger partial charge in [0.2, 0.25) is 0 Å². The molecule has 1 aliphatic carbocycles. The molecule has 0 unspecified atom stereocenters. The van der Waals surface area contributed by atoms with Crippen LogP contribution in [-0.4, -0.2) is 50.2 Å². The van der Waals surface area contributed by atoms with Crippen LogP contribution in [0.2, 0.25) is 0 Å². The van der Waals surface area contributed by atoms with Crippen molar-refractivity contribution in [3.05, 3.63) is 48.0 Å². The number of hydrogen-bond acceptors (Lipinski definition) is 5. The summed E-state index contributed by atoms with van der Waals surface area (Å²) in [5, 5.41) is 44.1.